The highest BCUT2D eigenvalue weighted by Crippen LogP contribution is 2.27. The quantitative estimate of drug-likeness (QED) is 0.443. The van der Waals surface area contributed by atoms with Crippen molar-refractivity contribution in [2.45, 2.75) is 0 Å². The fourth-order valence-corrected chi connectivity index (χ4v) is 3.94. The van der Waals surface area contributed by atoms with E-state index in [0.717, 1.165) is 16.3 Å². The number of rotatable bonds is 5. The van der Waals surface area contributed by atoms with Crippen LogP contribution in [-0.4, -0.2) is 37.0 Å². The molecule has 0 aliphatic carbocycles. The van der Waals surface area contributed by atoms with Crippen LogP contribution in [0.4, 0.5) is 5.69 Å². The molecule has 0 aliphatic rings. The van der Waals surface area contributed by atoms with Crippen molar-refractivity contribution in [1.82, 2.24) is 4.98 Å². The lowest BCUT2D eigenvalue weighted by atomic mass is 10.1. The molecule has 0 unspecified atom stereocenters. The molecule has 8 heteroatoms. The minimum Gasteiger partial charge on any atom is -0.465 e. The van der Waals surface area contributed by atoms with E-state index in [0.29, 0.717) is 5.69 Å². The number of esters is 2. The standard InChI is InChI=1S/C24H18N2O5S/c1-30-23(28)17-9-10-18(24(29)31-2)19(12-17)25-21(27)22-26-20(13-32-22)16-8-7-14-5-3-4-6-15(14)11-16/h3-13H,1-2H3,(H,25,27). The molecule has 0 radical (unpaired) electrons. The van der Waals surface area contributed by atoms with Gasteiger partial charge in [-0.1, -0.05) is 36.4 Å². The average molecular weight is 446 g/mol. The van der Waals surface area contributed by atoms with Crippen LogP contribution in [0, 0.1) is 0 Å². The van der Waals surface area contributed by atoms with Gasteiger partial charge in [0, 0.05) is 10.9 Å². The fourth-order valence-electron chi connectivity index (χ4n) is 3.22. The lowest BCUT2D eigenvalue weighted by Gasteiger charge is -2.10. The second kappa shape index (κ2) is 8.99. The van der Waals surface area contributed by atoms with Crippen molar-refractivity contribution in [1.29, 1.82) is 0 Å². The largest absolute Gasteiger partial charge is 0.465 e. The normalized spacial score (nSPS) is 10.6. The molecule has 160 valence electrons. The Hall–Kier alpha value is -4.04. The second-order valence-corrected chi connectivity index (χ2v) is 7.66. The summed E-state index contributed by atoms with van der Waals surface area (Å²) in [6.45, 7) is 0. The summed E-state index contributed by atoms with van der Waals surface area (Å²) in [5, 5.41) is 6.86. The molecule has 32 heavy (non-hydrogen) atoms. The van der Waals surface area contributed by atoms with Gasteiger partial charge in [-0.25, -0.2) is 14.6 Å². The molecule has 0 saturated heterocycles. The number of hydrogen-bond donors (Lipinski definition) is 1. The smallest absolute Gasteiger partial charge is 0.339 e. The summed E-state index contributed by atoms with van der Waals surface area (Å²) in [7, 11) is 2.48. The topological polar surface area (TPSA) is 94.6 Å². The predicted molar refractivity (Wildman–Crippen MR) is 122 cm³/mol. The number of carbonyl (C=O) groups is 3. The summed E-state index contributed by atoms with van der Waals surface area (Å²) in [6, 6.07) is 18.2. The molecule has 4 rings (SSSR count). The molecule has 0 aliphatic heterocycles. The van der Waals surface area contributed by atoms with Gasteiger partial charge in [0.1, 0.15) is 0 Å². The number of methoxy groups -OCH3 is 2. The number of aromatic nitrogens is 1. The zero-order valence-electron chi connectivity index (χ0n) is 17.2. The van der Waals surface area contributed by atoms with Gasteiger partial charge in [0.25, 0.3) is 5.91 Å². The van der Waals surface area contributed by atoms with E-state index in [1.807, 2.05) is 42.5 Å². The van der Waals surface area contributed by atoms with E-state index in [2.05, 4.69) is 10.3 Å². The number of hydrogen-bond acceptors (Lipinski definition) is 7. The van der Waals surface area contributed by atoms with Crippen LogP contribution >= 0.6 is 11.3 Å². The Morgan fingerprint density at radius 1 is 0.875 bits per heavy atom. The minimum atomic E-state index is -0.646. The van der Waals surface area contributed by atoms with Crippen LogP contribution in [0.3, 0.4) is 0 Å². The molecule has 4 aromatic rings. The highest BCUT2D eigenvalue weighted by Gasteiger charge is 2.19. The molecule has 1 heterocycles. The maximum Gasteiger partial charge on any atom is 0.339 e. The van der Waals surface area contributed by atoms with Gasteiger partial charge in [0.05, 0.1) is 36.7 Å². The van der Waals surface area contributed by atoms with Crippen LogP contribution in [0.2, 0.25) is 0 Å². The van der Waals surface area contributed by atoms with E-state index in [1.54, 1.807) is 5.38 Å². The van der Waals surface area contributed by atoms with Crippen LogP contribution in [0.5, 0.6) is 0 Å². The van der Waals surface area contributed by atoms with Gasteiger partial charge in [0.2, 0.25) is 0 Å². The first-order valence-electron chi connectivity index (χ1n) is 9.57. The summed E-state index contributed by atoms with van der Waals surface area (Å²) >= 11 is 1.18. The highest BCUT2D eigenvalue weighted by molar-refractivity contribution is 7.12. The van der Waals surface area contributed by atoms with Gasteiger partial charge >= 0.3 is 11.9 Å². The van der Waals surface area contributed by atoms with Crippen molar-refractivity contribution in [3.05, 3.63) is 82.2 Å². The van der Waals surface area contributed by atoms with E-state index in [1.165, 1.54) is 43.8 Å². The van der Waals surface area contributed by atoms with E-state index >= 15 is 0 Å². The molecule has 0 saturated carbocycles. The fraction of sp³-hybridized carbons (Fsp3) is 0.0833. The van der Waals surface area contributed by atoms with E-state index < -0.39 is 17.8 Å². The molecular formula is C24H18N2O5S. The van der Waals surface area contributed by atoms with Crippen molar-refractivity contribution in [2.24, 2.45) is 0 Å². The summed E-state index contributed by atoms with van der Waals surface area (Å²) in [5.41, 5.74) is 1.99. The van der Waals surface area contributed by atoms with E-state index in [4.69, 9.17) is 9.47 Å². The third kappa shape index (κ3) is 4.21. The van der Waals surface area contributed by atoms with Crippen molar-refractivity contribution in [3.63, 3.8) is 0 Å². The zero-order chi connectivity index (χ0) is 22.7. The van der Waals surface area contributed by atoms with Crippen LogP contribution in [0.1, 0.15) is 30.5 Å². The van der Waals surface area contributed by atoms with Crippen molar-refractivity contribution in [2.75, 3.05) is 19.5 Å². The monoisotopic (exact) mass is 446 g/mol. The molecule has 1 amide bonds. The number of nitrogens with one attached hydrogen (secondary N) is 1. The van der Waals surface area contributed by atoms with Crippen molar-refractivity contribution in [3.8, 4) is 11.3 Å². The van der Waals surface area contributed by atoms with Crippen molar-refractivity contribution >= 4 is 45.6 Å². The first kappa shape index (κ1) is 21.2. The van der Waals surface area contributed by atoms with Crippen molar-refractivity contribution < 1.29 is 23.9 Å². The third-order valence-electron chi connectivity index (χ3n) is 4.84. The van der Waals surface area contributed by atoms with Gasteiger partial charge in [-0.05, 0) is 35.0 Å². The average Bonchev–Trinajstić information content (AvgIpc) is 3.33. The highest BCUT2D eigenvalue weighted by atomic mass is 32.1. The minimum absolute atomic E-state index is 0.111. The van der Waals surface area contributed by atoms with Gasteiger partial charge in [0.15, 0.2) is 5.01 Å². The Labute approximate surface area is 187 Å². The summed E-state index contributed by atoms with van der Waals surface area (Å²) < 4.78 is 9.48. The van der Waals surface area contributed by atoms with Crippen LogP contribution in [-0.2, 0) is 9.47 Å². The van der Waals surface area contributed by atoms with Crippen LogP contribution < -0.4 is 5.32 Å². The number of ether oxygens (including phenoxy) is 2. The lowest BCUT2D eigenvalue weighted by molar-refractivity contribution is 0.0587. The number of anilines is 1. The maximum absolute atomic E-state index is 12.9. The first-order valence-corrected chi connectivity index (χ1v) is 10.4. The number of nitrogens with zero attached hydrogens (tertiary/aromatic N) is 1. The van der Waals surface area contributed by atoms with Gasteiger partial charge in [-0.2, -0.15) is 0 Å². The predicted octanol–water partition coefficient (Wildman–Crippen LogP) is 4.79. The second-order valence-electron chi connectivity index (χ2n) is 6.80. The third-order valence-corrected chi connectivity index (χ3v) is 5.68. The van der Waals surface area contributed by atoms with Crippen LogP contribution in [0.15, 0.2) is 66.0 Å². The van der Waals surface area contributed by atoms with Gasteiger partial charge in [-0.3, -0.25) is 4.79 Å². The summed E-state index contributed by atoms with van der Waals surface area (Å²) in [6.07, 6.45) is 0. The van der Waals surface area contributed by atoms with E-state index in [-0.39, 0.29) is 21.8 Å². The Kier molecular flexibility index (Phi) is 5.96. The molecule has 7 nitrogen and oxygen atoms in total. The summed E-state index contributed by atoms with van der Waals surface area (Å²) in [4.78, 5) is 41.3. The molecule has 1 aromatic heterocycles. The Morgan fingerprint density at radius 2 is 1.62 bits per heavy atom. The maximum atomic E-state index is 12.9. The Bertz CT molecular complexity index is 1350. The van der Waals surface area contributed by atoms with Gasteiger partial charge in [-0.15, -0.1) is 11.3 Å². The Balaban J connectivity index is 1.62. The SMILES string of the molecule is COC(=O)c1ccc(C(=O)OC)c(NC(=O)c2nc(-c3ccc4ccccc4c3)cs2)c1. The number of carbonyl (C=O) groups excluding carboxylic acids is 3. The molecule has 0 spiro atoms. The zero-order valence-corrected chi connectivity index (χ0v) is 18.1. The van der Waals surface area contributed by atoms with Gasteiger partial charge < -0.3 is 14.8 Å². The molecule has 3 aromatic carbocycles. The molecule has 0 atom stereocenters. The molecule has 0 bridgehead atoms. The first-order chi connectivity index (χ1) is 15.5. The molecule has 0 fully saturated rings. The van der Waals surface area contributed by atoms with Crippen LogP contribution in [0.25, 0.3) is 22.0 Å². The Morgan fingerprint density at radius 3 is 2.38 bits per heavy atom. The number of benzene rings is 3. The summed E-state index contributed by atoms with van der Waals surface area (Å²) in [5.74, 6) is -1.74. The molecule has 1 N–H and O–H groups in total. The van der Waals surface area contributed by atoms with E-state index in [9.17, 15) is 14.4 Å². The number of thiazole rings is 1. The number of amides is 1. The number of fused-ring (bicyclic) bond motifs is 1. The molecular weight excluding hydrogens is 428 g/mol. The lowest BCUT2D eigenvalue weighted by Crippen LogP contribution is -2.16.